The molecule has 0 aromatic rings. The molecule has 17 nitrogen and oxygen atoms in total. The van der Waals surface area contributed by atoms with Crippen LogP contribution in [0.15, 0.2) is 0 Å². The molecule has 0 aliphatic carbocycles. The second-order valence-corrected chi connectivity index (χ2v) is 36.1. The van der Waals surface area contributed by atoms with Gasteiger partial charge in [-0.3, -0.25) is 37.3 Å². The maximum Gasteiger partial charge on any atom is 0.472 e. The number of esters is 4. The van der Waals surface area contributed by atoms with Crippen LogP contribution in [-0.4, -0.2) is 96.7 Å². The number of hydrogen-bond donors (Lipinski definition) is 3. The third-order valence-corrected chi connectivity index (χ3v) is 23.1. The van der Waals surface area contributed by atoms with Crippen LogP contribution in [0.2, 0.25) is 0 Å². The van der Waals surface area contributed by atoms with Crippen molar-refractivity contribution in [3.05, 3.63) is 0 Å². The summed E-state index contributed by atoms with van der Waals surface area (Å²) in [6.45, 7) is 12.1. The molecule has 3 unspecified atom stereocenters. The molecule has 3 N–H and O–H groups in total. The largest absolute Gasteiger partial charge is 0.472 e. The number of ether oxygens (including phenoxy) is 4. The molecule has 0 saturated carbocycles. The minimum Gasteiger partial charge on any atom is -0.462 e. The lowest BCUT2D eigenvalue weighted by Gasteiger charge is -2.21. The normalized spacial score (nSPS) is 14.1. The van der Waals surface area contributed by atoms with Gasteiger partial charge in [-0.25, -0.2) is 9.13 Å². The van der Waals surface area contributed by atoms with Crippen LogP contribution in [-0.2, 0) is 65.4 Å². The Morgan fingerprint density at radius 1 is 0.269 bits per heavy atom. The van der Waals surface area contributed by atoms with Gasteiger partial charge in [0.15, 0.2) is 12.2 Å². The van der Waals surface area contributed by atoms with Gasteiger partial charge in [-0.15, -0.1) is 0 Å². The zero-order valence-corrected chi connectivity index (χ0v) is 73.1. The number of aliphatic hydroxyl groups excluding tert-OH is 1. The lowest BCUT2D eigenvalue weighted by atomic mass is 9.99. The Hall–Kier alpha value is -1.94. The topological polar surface area (TPSA) is 237 Å². The van der Waals surface area contributed by atoms with Gasteiger partial charge in [-0.1, -0.05) is 421 Å². The van der Waals surface area contributed by atoms with Crippen molar-refractivity contribution in [1.82, 2.24) is 0 Å². The Morgan fingerprint density at radius 3 is 0.704 bits per heavy atom. The van der Waals surface area contributed by atoms with Crippen LogP contribution in [0.5, 0.6) is 0 Å². The van der Waals surface area contributed by atoms with E-state index in [1.54, 1.807) is 0 Å². The molecule has 0 fully saturated rings. The monoisotopic (exact) mass is 1580 g/mol. The fraction of sp³-hybridized carbons (Fsp3) is 0.955. The highest BCUT2D eigenvalue weighted by Gasteiger charge is 2.31. The molecule has 0 aliphatic rings. The van der Waals surface area contributed by atoms with E-state index in [0.717, 1.165) is 108 Å². The van der Waals surface area contributed by atoms with Crippen molar-refractivity contribution in [3.63, 3.8) is 0 Å². The van der Waals surface area contributed by atoms with Gasteiger partial charge in [0.1, 0.15) is 19.3 Å². The quantitative estimate of drug-likeness (QED) is 0.0222. The molecule has 0 spiro atoms. The first kappa shape index (κ1) is 106. The van der Waals surface area contributed by atoms with E-state index < -0.39 is 97.5 Å². The summed E-state index contributed by atoms with van der Waals surface area (Å²) < 4.78 is 69.0. The van der Waals surface area contributed by atoms with Gasteiger partial charge in [0.25, 0.3) is 0 Å². The average molecular weight is 1580 g/mol. The summed E-state index contributed by atoms with van der Waals surface area (Å²) >= 11 is 0. The Balaban J connectivity index is 5.25. The molecule has 108 heavy (non-hydrogen) atoms. The Morgan fingerprint density at radius 2 is 0.472 bits per heavy atom. The molecule has 19 heteroatoms. The third kappa shape index (κ3) is 80.7. The maximum atomic E-state index is 13.2. The van der Waals surface area contributed by atoms with E-state index >= 15 is 0 Å². The molecule has 0 heterocycles. The van der Waals surface area contributed by atoms with Crippen LogP contribution in [0.1, 0.15) is 472 Å². The Bertz CT molecular complexity index is 2080. The minimum absolute atomic E-state index is 0.107. The van der Waals surface area contributed by atoms with Gasteiger partial charge in [0, 0.05) is 25.7 Å². The fourth-order valence-electron chi connectivity index (χ4n) is 13.9. The minimum atomic E-state index is -4.97. The Kier molecular flexibility index (Phi) is 77.5. The molecule has 0 aromatic carbocycles. The van der Waals surface area contributed by atoms with Gasteiger partial charge in [0.2, 0.25) is 0 Å². The Labute approximate surface area is 664 Å². The van der Waals surface area contributed by atoms with E-state index in [4.69, 9.17) is 37.0 Å². The van der Waals surface area contributed by atoms with E-state index in [9.17, 15) is 43.2 Å². The predicted molar refractivity (Wildman–Crippen MR) is 446 cm³/mol. The van der Waals surface area contributed by atoms with E-state index in [1.165, 1.54) is 283 Å². The van der Waals surface area contributed by atoms with E-state index in [0.29, 0.717) is 25.7 Å². The highest BCUT2D eigenvalue weighted by atomic mass is 31.2. The number of phosphoric acid groups is 2. The fourth-order valence-corrected chi connectivity index (χ4v) is 15.4. The van der Waals surface area contributed by atoms with Crippen LogP contribution < -0.4 is 0 Å². The van der Waals surface area contributed by atoms with Gasteiger partial charge in [-0.05, 0) is 43.4 Å². The van der Waals surface area contributed by atoms with E-state index in [-0.39, 0.29) is 25.7 Å². The molecule has 642 valence electrons. The van der Waals surface area contributed by atoms with Crippen molar-refractivity contribution in [3.8, 4) is 0 Å². The summed E-state index contributed by atoms with van der Waals surface area (Å²) in [7, 11) is -9.93. The first-order chi connectivity index (χ1) is 52.3. The van der Waals surface area contributed by atoms with Crippen molar-refractivity contribution >= 4 is 39.5 Å². The molecule has 0 radical (unpaired) electrons. The third-order valence-electron chi connectivity index (χ3n) is 21.2. The van der Waals surface area contributed by atoms with E-state index in [1.807, 2.05) is 0 Å². The summed E-state index contributed by atoms with van der Waals surface area (Å²) in [6, 6.07) is 0. The standard InChI is InChI=1S/C89H174O17P2/c1-8-10-11-12-13-14-15-25-35-42-49-56-63-70-86(91)99-76-85(106-89(94)73-66-59-52-45-38-31-30-33-40-47-54-61-68-81(5)6)79-104-108(97,98)102-75-83(90)74-101-107(95,96)103-78-84(77-100-87(92)71-64-57-50-43-36-28-24-20-21-26-32-39-46-53-60-67-80(3)4)105-88(93)72-65-58-51-44-37-29-23-19-17-16-18-22-27-34-41-48-55-62-69-82(7)9-2/h80-85,90H,8-79H2,1-7H3,(H,95,96)(H,97,98)/t82?,83-,84-,85-/m1/s1. The van der Waals surface area contributed by atoms with Gasteiger partial charge >= 0.3 is 39.5 Å². The van der Waals surface area contributed by atoms with Crippen molar-refractivity contribution in [2.75, 3.05) is 39.6 Å². The lowest BCUT2D eigenvalue weighted by Crippen LogP contribution is -2.30. The number of phosphoric ester groups is 2. The number of aliphatic hydroxyl groups is 1. The maximum absolute atomic E-state index is 13.2. The molecule has 0 aliphatic heterocycles. The van der Waals surface area contributed by atoms with Crippen molar-refractivity contribution in [2.24, 2.45) is 17.8 Å². The second-order valence-electron chi connectivity index (χ2n) is 33.2. The molecule has 6 atom stereocenters. The molecule has 0 amide bonds. The number of carbonyl (C=O) groups is 4. The van der Waals surface area contributed by atoms with Crippen LogP contribution in [0, 0.1) is 17.8 Å². The van der Waals surface area contributed by atoms with Crippen LogP contribution in [0.3, 0.4) is 0 Å². The van der Waals surface area contributed by atoms with Crippen molar-refractivity contribution in [2.45, 2.75) is 491 Å². The molecular weight excluding hydrogens is 1400 g/mol. The average Bonchev–Trinajstić information content (AvgIpc) is 0.900. The first-order valence-electron chi connectivity index (χ1n) is 45.9. The zero-order valence-electron chi connectivity index (χ0n) is 71.3. The molecule has 0 bridgehead atoms. The highest BCUT2D eigenvalue weighted by Crippen LogP contribution is 2.45. The van der Waals surface area contributed by atoms with Crippen molar-refractivity contribution < 1.29 is 80.2 Å². The molecule has 0 saturated heterocycles. The summed E-state index contributed by atoms with van der Waals surface area (Å²) in [6.07, 6.45) is 70.7. The van der Waals surface area contributed by atoms with Gasteiger partial charge in [-0.2, -0.15) is 0 Å². The molecular formula is C89H174O17P2. The number of hydrogen-bond acceptors (Lipinski definition) is 15. The summed E-state index contributed by atoms with van der Waals surface area (Å²) in [4.78, 5) is 73.4. The number of rotatable bonds is 87. The predicted octanol–water partition coefficient (Wildman–Crippen LogP) is 27.3. The second kappa shape index (κ2) is 78.9. The summed E-state index contributed by atoms with van der Waals surface area (Å²) in [5.74, 6) is 0.355. The lowest BCUT2D eigenvalue weighted by molar-refractivity contribution is -0.161. The zero-order chi connectivity index (χ0) is 79.3. The van der Waals surface area contributed by atoms with Crippen molar-refractivity contribution in [1.29, 1.82) is 0 Å². The van der Waals surface area contributed by atoms with Crippen LogP contribution in [0.25, 0.3) is 0 Å². The summed E-state index contributed by atoms with van der Waals surface area (Å²) in [5.41, 5.74) is 0. The number of unbranched alkanes of at least 4 members (excludes halogenated alkanes) is 54. The SMILES string of the molecule is CCCCCCCCCCCCCCCC(=O)OC[C@H](COP(=O)(O)OC[C@H](O)COP(=O)(O)OC[C@@H](COC(=O)CCCCCCCCCCCCCCCCCC(C)C)OC(=O)CCCCCCCCCCCCCCCCCCCCC(C)CC)OC(=O)CCCCCCCCCCCCCCC(C)C. The molecule has 0 aromatic heterocycles. The highest BCUT2D eigenvalue weighted by molar-refractivity contribution is 7.47. The van der Waals surface area contributed by atoms with Crippen LogP contribution >= 0.6 is 15.6 Å². The molecule has 0 rings (SSSR count). The van der Waals surface area contributed by atoms with Gasteiger partial charge < -0.3 is 33.8 Å². The first-order valence-corrected chi connectivity index (χ1v) is 48.9. The van der Waals surface area contributed by atoms with Crippen LogP contribution in [0.4, 0.5) is 0 Å². The number of carbonyl (C=O) groups excluding carboxylic acids is 4. The smallest absolute Gasteiger partial charge is 0.462 e. The summed E-state index contributed by atoms with van der Waals surface area (Å²) in [5, 5.41) is 10.7. The van der Waals surface area contributed by atoms with E-state index in [2.05, 4.69) is 48.5 Å². The van der Waals surface area contributed by atoms with Gasteiger partial charge in [0.05, 0.1) is 26.4 Å².